The van der Waals surface area contributed by atoms with Gasteiger partial charge >= 0.3 is 0 Å². The molecule has 5 heteroatoms. The van der Waals surface area contributed by atoms with E-state index in [2.05, 4.69) is 27.1 Å². The van der Waals surface area contributed by atoms with Gasteiger partial charge in [0.25, 0.3) is 0 Å². The molecule has 0 saturated carbocycles. The van der Waals surface area contributed by atoms with E-state index in [0.717, 1.165) is 45.3 Å². The number of nitrogens with one attached hydrogen (secondary N) is 1. The highest BCUT2D eigenvalue weighted by Gasteiger charge is 2.31. The van der Waals surface area contributed by atoms with E-state index in [0.29, 0.717) is 5.91 Å². The van der Waals surface area contributed by atoms with Gasteiger partial charge in [0.2, 0.25) is 5.91 Å². The van der Waals surface area contributed by atoms with Crippen LogP contribution in [0.1, 0.15) is 19.3 Å². The monoisotopic (exact) mass is 280 g/mol. The van der Waals surface area contributed by atoms with E-state index in [1.54, 1.807) is 0 Å². The Morgan fingerprint density at radius 1 is 1.10 bits per heavy atom. The average Bonchev–Trinajstić information content (AvgIpc) is 2.40. The fourth-order valence-corrected chi connectivity index (χ4v) is 3.55. The maximum atomic E-state index is 12.2. The van der Waals surface area contributed by atoms with E-state index in [4.69, 9.17) is 0 Å². The number of piperazine rings is 1. The maximum absolute atomic E-state index is 12.2. The highest BCUT2D eigenvalue weighted by molar-refractivity contribution is 5.80. The molecule has 1 N–H and O–H groups in total. The van der Waals surface area contributed by atoms with Gasteiger partial charge in [-0.05, 0) is 26.4 Å². The number of hydrogen-bond acceptors (Lipinski definition) is 4. The van der Waals surface area contributed by atoms with Gasteiger partial charge in [0.05, 0.1) is 5.92 Å². The zero-order chi connectivity index (χ0) is 13.9. The number of nitrogens with zero attached hydrogens (tertiary/aromatic N) is 3. The van der Waals surface area contributed by atoms with Crippen LogP contribution >= 0.6 is 0 Å². The van der Waals surface area contributed by atoms with E-state index in [1.807, 2.05) is 0 Å². The molecule has 3 aliphatic heterocycles. The van der Waals surface area contributed by atoms with E-state index < -0.39 is 0 Å². The van der Waals surface area contributed by atoms with E-state index in [9.17, 15) is 4.79 Å². The lowest BCUT2D eigenvalue weighted by molar-refractivity contribution is -0.139. The molecule has 0 aromatic rings. The summed E-state index contributed by atoms with van der Waals surface area (Å²) in [6, 6.07) is 0.724. The Kier molecular flexibility index (Phi) is 4.58. The van der Waals surface area contributed by atoms with Gasteiger partial charge in [-0.1, -0.05) is 6.42 Å². The van der Waals surface area contributed by atoms with Gasteiger partial charge in [-0.15, -0.1) is 0 Å². The van der Waals surface area contributed by atoms with Gasteiger partial charge in [-0.2, -0.15) is 0 Å². The smallest absolute Gasteiger partial charge is 0.228 e. The molecule has 1 amide bonds. The zero-order valence-electron chi connectivity index (χ0n) is 12.7. The van der Waals surface area contributed by atoms with Gasteiger partial charge in [0.1, 0.15) is 0 Å². The Morgan fingerprint density at radius 3 is 2.45 bits per heavy atom. The molecule has 0 bridgehead atoms. The number of carbonyl (C=O) groups is 1. The van der Waals surface area contributed by atoms with Gasteiger partial charge in [0, 0.05) is 51.9 Å². The fourth-order valence-electron chi connectivity index (χ4n) is 3.55. The van der Waals surface area contributed by atoms with Crippen molar-refractivity contribution in [1.29, 1.82) is 0 Å². The molecule has 3 saturated heterocycles. The summed E-state index contributed by atoms with van der Waals surface area (Å²) >= 11 is 0. The van der Waals surface area contributed by atoms with Crippen molar-refractivity contribution < 1.29 is 4.79 Å². The van der Waals surface area contributed by atoms with Crippen LogP contribution in [0.25, 0.3) is 0 Å². The summed E-state index contributed by atoms with van der Waals surface area (Å²) in [5.74, 6) is 0.629. The average molecular weight is 280 g/mol. The highest BCUT2D eigenvalue weighted by Crippen LogP contribution is 2.17. The molecule has 3 aliphatic rings. The van der Waals surface area contributed by atoms with Crippen molar-refractivity contribution in [2.45, 2.75) is 25.3 Å². The summed E-state index contributed by atoms with van der Waals surface area (Å²) in [6.45, 7) is 8.14. The van der Waals surface area contributed by atoms with Crippen LogP contribution in [-0.2, 0) is 4.79 Å². The highest BCUT2D eigenvalue weighted by atomic mass is 16.2. The summed E-state index contributed by atoms with van der Waals surface area (Å²) in [4.78, 5) is 19.3. The van der Waals surface area contributed by atoms with E-state index >= 15 is 0 Å². The second-order valence-electron chi connectivity index (χ2n) is 6.61. The topological polar surface area (TPSA) is 38.8 Å². The van der Waals surface area contributed by atoms with Crippen LogP contribution in [-0.4, -0.2) is 86.1 Å². The van der Waals surface area contributed by atoms with Crippen molar-refractivity contribution in [3.63, 3.8) is 0 Å². The minimum atomic E-state index is 0.256. The van der Waals surface area contributed by atoms with Crippen molar-refractivity contribution in [2.75, 3.05) is 59.4 Å². The molecule has 20 heavy (non-hydrogen) atoms. The third kappa shape index (κ3) is 3.15. The lowest BCUT2D eigenvalue weighted by atomic mass is 10.0. The number of rotatable bonds is 3. The van der Waals surface area contributed by atoms with Crippen LogP contribution in [0.4, 0.5) is 0 Å². The maximum Gasteiger partial charge on any atom is 0.228 e. The second-order valence-corrected chi connectivity index (χ2v) is 6.61. The zero-order valence-corrected chi connectivity index (χ0v) is 12.7. The van der Waals surface area contributed by atoms with E-state index in [1.165, 1.54) is 32.4 Å². The summed E-state index contributed by atoms with van der Waals surface area (Å²) in [5.41, 5.74) is 0. The summed E-state index contributed by atoms with van der Waals surface area (Å²) in [7, 11) is 2.26. The number of likely N-dealkylation sites (tertiary alicyclic amines) is 1. The molecule has 3 fully saturated rings. The molecular formula is C15H28N4O. The molecule has 0 spiro atoms. The molecule has 0 aromatic carbocycles. The molecule has 3 rings (SSSR count). The summed E-state index contributed by atoms with van der Waals surface area (Å²) in [6.07, 6.45) is 4.07. The quantitative estimate of drug-likeness (QED) is 0.779. The second kappa shape index (κ2) is 6.41. The van der Waals surface area contributed by atoms with Gasteiger partial charge < -0.3 is 15.1 Å². The first-order chi connectivity index (χ1) is 9.74. The molecule has 5 nitrogen and oxygen atoms in total. The van der Waals surface area contributed by atoms with Crippen LogP contribution in [0.2, 0.25) is 0 Å². The summed E-state index contributed by atoms with van der Waals surface area (Å²) < 4.78 is 0. The Morgan fingerprint density at radius 2 is 1.85 bits per heavy atom. The van der Waals surface area contributed by atoms with Crippen molar-refractivity contribution in [2.24, 2.45) is 5.92 Å². The largest absolute Gasteiger partial charge is 0.340 e. The SMILES string of the molecule is CN1CCCCC1CN1CCN(C(=O)C2CNC2)CC1. The predicted octanol–water partition coefficient (Wildman–Crippen LogP) is -0.166. The molecular weight excluding hydrogens is 252 g/mol. The van der Waals surface area contributed by atoms with Crippen molar-refractivity contribution in [1.82, 2.24) is 20.0 Å². The van der Waals surface area contributed by atoms with Gasteiger partial charge in [0.15, 0.2) is 0 Å². The number of hydrogen-bond donors (Lipinski definition) is 1. The van der Waals surface area contributed by atoms with Gasteiger partial charge in [-0.25, -0.2) is 0 Å². The molecule has 1 atom stereocenters. The molecule has 0 aromatic heterocycles. The lowest BCUT2D eigenvalue weighted by Crippen LogP contribution is -2.57. The number of piperidine rings is 1. The van der Waals surface area contributed by atoms with Crippen LogP contribution < -0.4 is 5.32 Å². The number of carbonyl (C=O) groups excluding carboxylic acids is 1. The number of amides is 1. The van der Waals surface area contributed by atoms with E-state index in [-0.39, 0.29) is 5.92 Å². The van der Waals surface area contributed by atoms with Crippen molar-refractivity contribution >= 4 is 5.91 Å². The lowest BCUT2D eigenvalue weighted by Gasteiger charge is -2.41. The molecule has 0 aliphatic carbocycles. The molecule has 114 valence electrons. The van der Waals surface area contributed by atoms with Crippen molar-refractivity contribution in [3.8, 4) is 0 Å². The predicted molar refractivity (Wildman–Crippen MR) is 79.6 cm³/mol. The number of likely N-dealkylation sites (N-methyl/N-ethyl adjacent to an activating group) is 1. The van der Waals surface area contributed by atoms with Gasteiger partial charge in [-0.3, -0.25) is 9.69 Å². The normalized spacial score (nSPS) is 30.2. The van der Waals surface area contributed by atoms with Crippen LogP contribution in [0.5, 0.6) is 0 Å². The van der Waals surface area contributed by atoms with Crippen LogP contribution in [0.3, 0.4) is 0 Å². The Balaban J connectivity index is 1.42. The first kappa shape index (κ1) is 14.3. The Labute approximate surface area is 122 Å². The minimum Gasteiger partial charge on any atom is -0.340 e. The first-order valence-corrected chi connectivity index (χ1v) is 8.16. The standard InChI is InChI=1S/C15H28N4O/c1-17-5-3-2-4-14(17)12-18-6-8-19(9-7-18)15(20)13-10-16-11-13/h13-14,16H,2-12H2,1H3. The third-order valence-corrected chi connectivity index (χ3v) is 5.21. The Hall–Kier alpha value is -0.650. The minimum absolute atomic E-state index is 0.256. The fraction of sp³-hybridized carbons (Fsp3) is 0.933. The van der Waals surface area contributed by atoms with Crippen LogP contribution in [0.15, 0.2) is 0 Å². The molecule has 1 unspecified atom stereocenters. The molecule has 0 radical (unpaired) electrons. The van der Waals surface area contributed by atoms with Crippen LogP contribution in [0, 0.1) is 5.92 Å². The Bertz CT molecular complexity index is 337. The molecule has 3 heterocycles. The third-order valence-electron chi connectivity index (χ3n) is 5.21. The van der Waals surface area contributed by atoms with Crippen molar-refractivity contribution in [3.05, 3.63) is 0 Å². The first-order valence-electron chi connectivity index (χ1n) is 8.16. The summed E-state index contributed by atoms with van der Waals surface area (Å²) in [5, 5.41) is 3.19.